The van der Waals surface area contributed by atoms with Gasteiger partial charge in [-0.25, -0.2) is 4.39 Å². The molecule has 3 amide bonds. The van der Waals surface area contributed by atoms with Gasteiger partial charge in [0.15, 0.2) is 6.61 Å². The minimum absolute atomic E-state index is 0.132. The third-order valence-corrected chi connectivity index (χ3v) is 5.77. The molecular weight excluding hydrogens is 465 g/mol. The van der Waals surface area contributed by atoms with E-state index in [1.54, 1.807) is 36.3 Å². The van der Waals surface area contributed by atoms with Crippen LogP contribution in [0.2, 0.25) is 0 Å². The lowest BCUT2D eigenvalue weighted by atomic mass is 10.1. The molecule has 0 spiro atoms. The van der Waals surface area contributed by atoms with Crippen LogP contribution in [0.15, 0.2) is 72.8 Å². The number of methoxy groups -OCH3 is 1. The number of hydrogen-bond donors (Lipinski definition) is 2. The number of carbonyl (C=O) groups excluding carboxylic acids is 3. The second-order valence-corrected chi connectivity index (χ2v) is 8.31. The van der Waals surface area contributed by atoms with E-state index in [1.807, 2.05) is 24.3 Å². The molecule has 3 aromatic rings. The second kappa shape index (κ2) is 11.4. The van der Waals surface area contributed by atoms with E-state index in [0.717, 1.165) is 11.3 Å². The van der Waals surface area contributed by atoms with E-state index < -0.39 is 5.92 Å². The highest BCUT2D eigenvalue weighted by molar-refractivity contribution is 6.00. The van der Waals surface area contributed by atoms with E-state index in [9.17, 15) is 18.8 Å². The summed E-state index contributed by atoms with van der Waals surface area (Å²) in [5.41, 5.74) is 2.05. The number of hydrogen-bond acceptors (Lipinski definition) is 5. The normalized spacial score (nSPS) is 14.9. The van der Waals surface area contributed by atoms with Crippen LogP contribution in [-0.4, -0.2) is 38.0 Å². The maximum absolute atomic E-state index is 13.0. The molecule has 0 aromatic heterocycles. The lowest BCUT2D eigenvalue weighted by Gasteiger charge is -2.17. The molecule has 4 rings (SSSR count). The van der Waals surface area contributed by atoms with Gasteiger partial charge in [-0.05, 0) is 66.2 Å². The minimum Gasteiger partial charge on any atom is -0.497 e. The Hall–Kier alpha value is -4.40. The number of benzene rings is 3. The summed E-state index contributed by atoms with van der Waals surface area (Å²) >= 11 is 0. The van der Waals surface area contributed by atoms with Crippen LogP contribution in [0.3, 0.4) is 0 Å². The molecule has 3 aromatic carbocycles. The summed E-state index contributed by atoms with van der Waals surface area (Å²) in [4.78, 5) is 38.8. The van der Waals surface area contributed by atoms with E-state index in [2.05, 4.69) is 10.6 Å². The van der Waals surface area contributed by atoms with Crippen LogP contribution in [0, 0.1) is 11.7 Å². The molecule has 1 atom stereocenters. The standard InChI is InChI=1S/C27H26FN3O5/c1-35-23-10-2-18(3-11-23)15-29-27(34)19-14-26(33)31(16-19)22-8-12-24(13-9-22)36-17-25(32)30-21-6-4-20(28)5-7-21/h2-13,19H,14-17H2,1H3,(H,29,34)(H,30,32)/t19-/m0/s1. The molecule has 0 radical (unpaired) electrons. The average molecular weight is 492 g/mol. The molecule has 186 valence electrons. The first-order valence-electron chi connectivity index (χ1n) is 11.4. The Morgan fingerprint density at radius 2 is 1.64 bits per heavy atom. The number of carbonyl (C=O) groups is 3. The van der Waals surface area contributed by atoms with E-state index in [-0.39, 0.29) is 43.1 Å². The summed E-state index contributed by atoms with van der Waals surface area (Å²) in [7, 11) is 1.59. The molecule has 1 aliphatic rings. The molecule has 1 saturated heterocycles. The number of nitrogens with one attached hydrogen (secondary N) is 2. The third kappa shape index (κ3) is 6.38. The summed E-state index contributed by atoms with van der Waals surface area (Å²) in [6.07, 6.45) is 0.135. The van der Waals surface area contributed by atoms with Crippen molar-refractivity contribution in [2.75, 3.05) is 30.5 Å². The molecule has 1 aliphatic heterocycles. The van der Waals surface area contributed by atoms with E-state index in [4.69, 9.17) is 9.47 Å². The zero-order valence-electron chi connectivity index (χ0n) is 19.7. The Morgan fingerprint density at radius 3 is 2.31 bits per heavy atom. The van der Waals surface area contributed by atoms with Gasteiger partial charge in [0, 0.05) is 30.9 Å². The van der Waals surface area contributed by atoms with E-state index >= 15 is 0 Å². The molecule has 0 bridgehead atoms. The van der Waals surface area contributed by atoms with Crippen LogP contribution in [0.1, 0.15) is 12.0 Å². The van der Waals surface area contributed by atoms with Gasteiger partial charge < -0.3 is 25.0 Å². The number of anilines is 2. The highest BCUT2D eigenvalue weighted by Gasteiger charge is 2.35. The molecule has 8 nitrogen and oxygen atoms in total. The van der Waals surface area contributed by atoms with Gasteiger partial charge in [-0.1, -0.05) is 12.1 Å². The molecule has 1 heterocycles. The fourth-order valence-corrected chi connectivity index (χ4v) is 3.81. The fraction of sp³-hybridized carbons (Fsp3) is 0.222. The quantitative estimate of drug-likeness (QED) is 0.478. The molecule has 36 heavy (non-hydrogen) atoms. The first-order valence-corrected chi connectivity index (χ1v) is 11.4. The summed E-state index contributed by atoms with van der Waals surface area (Å²) in [6, 6.07) is 19.6. The van der Waals surface area contributed by atoms with Crippen LogP contribution in [0.25, 0.3) is 0 Å². The van der Waals surface area contributed by atoms with Crippen LogP contribution in [0.4, 0.5) is 15.8 Å². The maximum atomic E-state index is 13.0. The minimum atomic E-state index is -0.443. The lowest BCUT2D eigenvalue weighted by molar-refractivity contribution is -0.126. The van der Waals surface area contributed by atoms with Gasteiger partial charge in [0.2, 0.25) is 11.8 Å². The summed E-state index contributed by atoms with van der Waals surface area (Å²) in [5, 5.41) is 5.51. The van der Waals surface area contributed by atoms with Crippen molar-refractivity contribution in [2.45, 2.75) is 13.0 Å². The molecule has 2 N–H and O–H groups in total. The van der Waals surface area contributed by atoms with Gasteiger partial charge >= 0.3 is 0 Å². The third-order valence-electron chi connectivity index (χ3n) is 5.77. The van der Waals surface area contributed by atoms with E-state index in [1.165, 1.54) is 24.3 Å². The van der Waals surface area contributed by atoms with Crippen molar-refractivity contribution in [1.29, 1.82) is 0 Å². The molecule has 1 fully saturated rings. The van der Waals surface area contributed by atoms with Crippen molar-refractivity contribution >= 4 is 29.1 Å². The van der Waals surface area contributed by atoms with Crippen LogP contribution < -0.4 is 25.0 Å². The fourth-order valence-electron chi connectivity index (χ4n) is 3.81. The maximum Gasteiger partial charge on any atom is 0.262 e. The first kappa shape index (κ1) is 24.7. The lowest BCUT2D eigenvalue weighted by Crippen LogP contribution is -2.32. The van der Waals surface area contributed by atoms with Crippen LogP contribution in [-0.2, 0) is 20.9 Å². The Kier molecular flexibility index (Phi) is 7.79. The Morgan fingerprint density at radius 1 is 0.972 bits per heavy atom. The van der Waals surface area contributed by atoms with Crippen molar-refractivity contribution in [2.24, 2.45) is 5.92 Å². The number of rotatable bonds is 9. The summed E-state index contributed by atoms with van der Waals surface area (Å²) in [5.74, 6) is -0.326. The topological polar surface area (TPSA) is 97.0 Å². The predicted octanol–water partition coefficient (Wildman–Crippen LogP) is 3.52. The largest absolute Gasteiger partial charge is 0.497 e. The number of ether oxygens (including phenoxy) is 2. The van der Waals surface area contributed by atoms with Crippen molar-refractivity contribution in [1.82, 2.24) is 5.32 Å². The molecule has 9 heteroatoms. The molecule has 0 saturated carbocycles. The summed E-state index contributed by atoms with van der Waals surface area (Å²) < 4.78 is 23.6. The Labute approximate surface area is 208 Å². The van der Waals surface area contributed by atoms with Gasteiger partial charge in [0.1, 0.15) is 17.3 Å². The van der Waals surface area contributed by atoms with Crippen LogP contribution in [0.5, 0.6) is 11.5 Å². The Balaban J connectivity index is 1.25. The van der Waals surface area contributed by atoms with Crippen molar-refractivity contribution in [3.05, 3.63) is 84.2 Å². The first-order chi connectivity index (χ1) is 17.4. The predicted molar refractivity (Wildman–Crippen MR) is 132 cm³/mol. The van der Waals surface area contributed by atoms with Crippen molar-refractivity contribution < 1.29 is 28.2 Å². The van der Waals surface area contributed by atoms with Gasteiger partial charge in [0.05, 0.1) is 13.0 Å². The zero-order valence-corrected chi connectivity index (χ0v) is 19.7. The van der Waals surface area contributed by atoms with Gasteiger partial charge in [-0.3, -0.25) is 14.4 Å². The van der Waals surface area contributed by atoms with Crippen LogP contribution >= 0.6 is 0 Å². The van der Waals surface area contributed by atoms with Crippen molar-refractivity contribution in [3.63, 3.8) is 0 Å². The SMILES string of the molecule is COc1ccc(CNC(=O)[C@H]2CC(=O)N(c3ccc(OCC(=O)Nc4ccc(F)cc4)cc3)C2)cc1. The number of halogens is 1. The highest BCUT2D eigenvalue weighted by atomic mass is 19.1. The van der Waals surface area contributed by atoms with E-state index in [0.29, 0.717) is 23.7 Å². The summed E-state index contributed by atoms with van der Waals surface area (Å²) in [6.45, 7) is 0.428. The zero-order chi connectivity index (χ0) is 25.5. The molecule has 0 unspecified atom stereocenters. The Bertz CT molecular complexity index is 1210. The smallest absolute Gasteiger partial charge is 0.262 e. The average Bonchev–Trinajstić information content (AvgIpc) is 3.29. The monoisotopic (exact) mass is 491 g/mol. The molecule has 0 aliphatic carbocycles. The number of nitrogens with zero attached hydrogens (tertiary/aromatic N) is 1. The number of amides is 3. The second-order valence-electron chi connectivity index (χ2n) is 8.31. The van der Waals surface area contributed by atoms with Gasteiger partial charge in [-0.15, -0.1) is 0 Å². The molecular formula is C27H26FN3O5. The van der Waals surface area contributed by atoms with Gasteiger partial charge in [-0.2, -0.15) is 0 Å². The van der Waals surface area contributed by atoms with Crippen molar-refractivity contribution in [3.8, 4) is 11.5 Å². The highest BCUT2D eigenvalue weighted by Crippen LogP contribution is 2.27. The van der Waals surface area contributed by atoms with Gasteiger partial charge in [0.25, 0.3) is 5.91 Å².